The molecule has 2 heterocycles. The van der Waals surface area contributed by atoms with Gasteiger partial charge < -0.3 is 24.1 Å². The molecule has 3 aromatic carbocycles. The number of rotatable bonds is 10. The fourth-order valence-electron chi connectivity index (χ4n) is 4.65. The van der Waals surface area contributed by atoms with E-state index in [1.54, 1.807) is 6.07 Å². The summed E-state index contributed by atoms with van der Waals surface area (Å²) < 4.78 is 46.1. The Labute approximate surface area is 232 Å². The van der Waals surface area contributed by atoms with Gasteiger partial charge in [-0.25, -0.2) is 13.2 Å². The predicted octanol–water partition coefficient (Wildman–Crippen LogP) is 4.87. The molecule has 10 heteroatoms. The number of benzene rings is 3. The smallest absolute Gasteiger partial charge is 0.329 e. The Kier molecular flexibility index (Phi) is 8.13. The topological polar surface area (TPSA) is 108 Å². The SMILES string of the molecule is O=C(O)COC1(c2ccc(OCc3cccc(-c4ccc(OC5CCS(=O)(=O)CC5)cc4Cl)c3)cc2)COC1. The van der Waals surface area contributed by atoms with Crippen LogP contribution in [0.3, 0.4) is 0 Å². The lowest BCUT2D eigenvalue weighted by Crippen LogP contribution is -2.49. The normalized spacial score (nSPS) is 18.2. The van der Waals surface area contributed by atoms with E-state index in [2.05, 4.69) is 0 Å². The molecule has 2 aliphatic rings. The lowest BCUT2D eigenvalue weighted by atomic mass is 9.91. The minimum atomic E-state index is -2.94. The molecule has 2 saturated heterocycles. The Bertz CT molecular complexity index is 1420. The Balaban J connectivity index is 1.20. The molecule has 0 spiro atoms. The number of sulfone groups is 1. The van der Waals surface area contributed by atoms with Crippen molar-refractivity contribution in [2.45, 2.75) is 31.2 Å². The van der Waals surface area contributed by atoms with Gasteiger partial charge in [0.2, 0.25) is 0 Å². The summed E-state index contributed by atoms with van der Waals surface area (Å²) >= 11 is 6.60. The lowest BCUT2D eigenvalue weighted by Gasteiger charge is -2.41. The summed E-state index contributed by atoms with van der Waals surface area (Å²) in [5.74, 6) is 0.583. The number of ether oxygens (including phenoxy) is 4. The number of hydrogen-bond donors (Lipinski definition) is 1. The molecule has 0 radical (unpaired) electrons. The van der Waals surface area contributed by atoms with Gasteiger partial charge in [0, 0.05) is 5.56 Å². The van der Waals surface area contributed by atoms with Crippen molar-refractivity contribution in [3.63, 3.8) is 0 Å². The second-order valence-electron chi connectivity index (χ2n) is 9.79. The van der Waals surface area contributed by atoms with Crippen LogP contribution in [0.4, 0.5) is 0 Å². The molecule has 2 aliphatic heterocycles. The highest BCUT2D eigenvalue weighted by Crippen LogP contribution is 2.35. The number of halogens is 1. The van der Waals surface area contributed by atoms with E-state index in [0.29, 0.717) is 49.2 Å². The first-order valence-electron chi connectivity index (χ1n) is 12.6. The van der Waals surface area contributed by atoms with Gasteiger partial charge in [-0.1, -0.05) is 41.9 Å². The molecule has 2 fully saturated rings. The second kappa shape index (κ2) is 11.6. The van der Waals surface area contributed by atoms with Crippen LogP contribution in [-0.4, -0.2) is 56.9 Å². The highest BCUT2D eigenvalue weighted by Gasteiger charge is 2.42. The minimum Gasteiger partial charge on any atom is -0.490 e. The predicted molar refractivity (Wildman–Crippen MR) is 146 cm³/mol. The van der Waals surface area contributed by atoms with Gasteiger partial charge >= 0.3 is 5.97 Å². The number of hydrogen-bond acceptors (Lipinski definition) is 7. The van der Waals surface area contributed by atoms with Crippen molar-refractivity contribution in [1.29, 1.82) is 0 Å². The third kappa shape index (κ3) is 6.73. The zero-order chi connectivity index (χ0) is 27.5. The number of carboxylic acids is 1. The van der Waals surface area contributed by atoms with Crippen LogP contribution in [0.2, 0.25) is 5.02 Å². The number of carbonyl (C=O) groups is 1. The van der Waals surface area contributed by atoms with Gasteiger partial charge in [-0.15, -0.1) is 0 Å². The van der Waals surface area contributed by atoms with Crippen LogP contribution in [0.5, 0.6) is 11.5 Å². The molecule has 39 heavy (non-hydrogen) atoms. The molecule has 0 amide bonds. The quantitative estimate of drug-likeness (QED) is 0.367. The van der Waals surface area contributed by atoms with Crippen molar-refractivity contribution in [2.75, 3.05) is 31.3 Å². The summed E-state index contributed by atoms with van der Waals surface area (Å²) in [6.45, 7) is 0.590. The molecule has 0 aromatic heterocycles. The molecule has 8 nitrogen and oxygen atoms in total. The standard InChI is InChI=1S/C29H29ClO8S/c30-27-15-25(38-24-10-12-39(33,34)13-11-24)8-9-26(27)21-3-1-2-20(14-21)16-36-23-6-4-22(5-7-23)29(18-35-19-29)37-17-28(31)32/h1-9,14-15,24H,10-13,16-19H2,(H,31,32). The van der Waals surface area contributed by atoms with E-state index < -0.39 is 21.4 Å². The second-order valence-corrected chi connectivity index (χ2v) is 12.5. The number of aliphatic carboxylic acids is 1. The zero-order valence-corrected chi connectivity index (χ0v) is 22.7. The van der Waals surface area contributed by atoms with Gasteiger partial charge in [-0.3, -0.25) is 0 Å². The maximum absolute atomic E-state index is 11.7. The van der Waals surface area contributed by atoms with Crippen LogP contribution >= 0.6 is 11.6 Å². The minimum absolute atomic E-state index is 0.130. The van der Waals surface area contributed by atoms with E-state index >= 15 is 0 Å². The molecule has 0 saturated carbocycles. The van der Waals surface area contributed by atoms with Crippen molar-refractivity contribution in [3.05, 3.63) is 82.9 Å². The summed E-state index contributed by atoms with van der Waals surface area (Å²) in [5, 5.41) is 9.49. The molecule has 5 rings (SSSR count). The summed E-state index contributed by atoms with van der Waals surface area (Å²) in [7, 11) is -2.94. The molecule has 206 valence electrons. The highest BCUT2D eigenvalue weighted by atomic mass is 35.5. The van der Waals surface area contributed by atoms with E-state index in [1.165, 1.54) is 0 Å². The molecular weight excluding hydrogens is 544 g/mol. The van der Waals surface area contributed by atoms with Crippen LogP contribution in [0, 0.1) is 0 Å². The zero-order valence-electron chi connectivity index (χ0n) is 21.2. The largest absolute Gasteiger partial charge is 0.490 e. The van der Waals surface area contributed by atoms with Crippen LogP contribution in [0.25, 0.3) is 11.1 Å². The fraction of sp³-hybridized carbons (Fsp3) is 0.345. The molecule has 0 unspecified atom stereocenters. The Morgan fingerprint density at radius 3 is 2.36 bits per heavy atom. The third-order valence-electron chi connectivity index (χ3n) is 6.91. The van der Waals surface area contributed by atoms with Crippen LogP contribution in [0.15, 0.2) is 66.7 Å². The molecular formula is C29H29ClO8S. The third-order valence-corrected chi connectivity index (χ3v) is 8.94. The van der Waals surface area contributed by atoms with Crippen LogP contribution in [0.1, 0.15) is 24.0 Å². The monoisotopic (exact) mass is 572 g/mol. The lowest BCUT2D eigenvalue weighted by molar-refractivity contribution is -0.220. The van der Waals surface area contributed by atoms with E-state index in [-0.39, 0.29) is 24.2 Å². The molecule has 0 bridgehead atoms. The van der Waals surface area contributed by atoms with E-state index in [9.17, 15) is 13.2 Å². The number of carboxylic acid groups (broad SMARTS) is 1. The highest BCUT2D eigenvalue weighted by molar-refractivity contribution is 7.91. The summed E-state index contributed by atoms with van der Waals surface area (Å²) in [6, 6.07) is 20.8. The fourth-order valence-corrected chi connectivity index (χ4v) is 6.38. The Morgan fingerprint density at radius 1 is 1.00 bits per heavy atom. The van der Waals surface area contributed by atoms with Gasteiger partial charge in [0.1, 0.15) is 36.4 Å². The van der Waals surface area contributed by atoms with Gasteiger partial charge in [0.15, 0.2) is 9.84 Å². The van der Waals surface area contributed by atoms with E-state index in [4.69, 9.17) is 35.7 Å². The Morgan fingerprint density at radius 2 is 1.72 bits per heavy atom. The van der Waals surface area contributed by atoms with Crippen molar-refractivity contribution >= 4 is 27.4 Å². The first-order chi connectivity index (χ1) is 18.7. The van der Waals surface area contributed by atoms with E-state index in [1.807, 2.05) is 60.7 Å². The average molecular weight is 573 g/mol. The van der Waals surface area contributed by atoms with Gasteiger partial charge in [-0.05, 0) is 65.9 Å². The molecule has 1 N–H and O–H groups in total. The molecule has 0 aliphatic carbocycles. The molecule has 3 aromatic rings. The maximum Gasteiger partial charge on any atom is 0.329 e. The summed E-state index contributed by atoms with van der Waals surface area (Å²) in [6.07, 6.45) is 0.843. The van der Waals surface area contributed by atoms with Crippen LogP contribution < -0.4 is 9.47 Å². The summed E-state index contributed by atoms with van der Waals surface area (Å²) in [4.78, 5) is 10.9. The first-order valence-corrected chi connectivity index (χ1v) is 14.8. The average Bonchev–Trinajstić information content (AvgIpc) is 2.89. The molecule has 0 atom stereocenters. The van der Waals surface area contributed by atoms with Crippen molar-refractivity contribution in [3.8, 4) is 22.6 Å². The van der Waals surface area contributed by atoms with Gasteiger partial charge in [0.05, 0.1) is 29.7 Å². The Hall–Kier alpha value is -3.11. The first kappa shape index (κ1) is 27.5. The van der Waals surface area contributed by atoms with Gasteiger partial charge in [-0.2, -0.15) is 0 Å². The maximum atomic E-state index is 11.7. The van der Waals surface area contributed by atoms with E-state index in [0.717, 1.165) is 22.3 Å². The van der Waals surface area contributed by atoms with Crippen molar-refractivity contribution < 1.29 is 37.3 Å². The van der Waals surface area contributed by atoms with Gasteiger partial charge in [0.25, 0.3) is 0 Å². The summed E-state index contributed by atoms with van der Waals surface area (Å²) in [5.41, 5.74) is 2.87. The van der Waals surface area contributed by atoms with Crippen molar-refractivity contribution in [1.82, 2.24) is 0 Å². The van der Waals surface area contributed by atoms with Crippen molar-refractivity contribution in [2.24, 2.45) is 0 Å². The van der Waals surface area contributed by atoms with Crippen LogP contribution in [-0.2, 0) is 36.3 Å².